The highest BCUT2D eigenvalue weighted by Gasteiger charge is 2.23. The molecular weight excluding hydrogens is 360 g/mol. The first-order valence-corrected chi connectivity index (χ1v) is 10.5. The number of likely N-dealkylation sites (N-methyl/N-ethyl adjacent to an activating group) is 1. The standard InChI is InChI=1S/C20H34N4O2S/c1-14(13-24-9-7-23(6)8-10-24)12-21-18(25)17-15(2)11-16(27-17)22-19(26)20(3,4)5/h11,14H,7-10,12-13H2,1-6H3,(H,21,25)(H,22,26). The van der Waals surface area contributed by atoms with Crippen molar-refractivity contribution in [3.63, 3.8) is 0 Å². The van der Waals surface area contributed by atoms with E-state index in [1.54, 1.807) is 0 Å². The normalized spacial score (nSPS) is 17.6. The lowest BCUT2D eigenvalue weighted by Crippen LogP contribution is -2.46. The zero-order chi connectivity index (χ0) is 20.2. The Labute approximate surface area is 167 Å². The predicted molar refractivity (Wildman–Crippen MR) is 113 cm³/mol. The molecule has 1 aromatic rings. The van der Waals surface area contributed by atoms with E-state index in [1.165, 1.54) is 11.3 Å². The number of carbonyl (C=O) groups is 2. The van der Waals surface area contributed by atoms with Crippen LogP contribution in [0.2, 0.25) is 0 Å². The number of amides is 2. The summed E-state index contributed by atoms with van der Waals surface area (Å²) in [4.78, 5) is 30.2. The van der Waals surface area contributed by atoms with Gasteiger partial charge >= 0.3 is 0 Å². The number of carbonyl (C=O) groups excluding carboxylic acids is 2. The lowest BCUT2D eigenvalue weighted by molar-refractivity contribution is -0.123. The second kappa shape index (κ2) is 9.17. The Morgan fingerprint density at radius 1 is 1.22 bits per heavy atom. The number of hydrogen-bond donors (Lipinski definition) is 2. The van der Waals surface area contributed by atoms with E-state index in [9.17, 15) is 9.59 Å². The van der Waals surface area contributed by atoms with Crippen molar-refractivity contribution in [3.05, 3.63) is 16.5 Å². The van der Waals surface area contributed by atoms with Gasteiger partial charge in [-0.1, -0.05) is 27.7 Å². The Morgan fingerprint density at radius 2 is 1.85 bits per heavy atom. The lowest BCUT2D eigenvalue weighted by atomic mass is 9.96. The maximum Gasteiger partial charge on any atom is 0.261 e. The molecule has 7 heteroatoms. The minimum atomic E-state index is -0.459. The molecular formula is C20H34N4O2S. The molecule has 1 aliphatic rings. The summed E-state index contributed by atoms with van der Waals surface area (Å²) < 4.78 is 0. The third-order valence-electron chi connectivity index (χ3n) is 4.82. The fraction of sp³-hybridized carbons (Fsp3) is 0.700. The minimum absolute atomic E-state index is 0.0449. The predicted octanol–water partition coefficient (Wildman–Crippen LogP) is 2.65. The van der Waals surface area contributed by atoms with Crippen LogP contribution in [0.1, 0.15) is 42.9 Å². The molecule has 1 aliphatic heterocycles. The minimum Gasteiger partial charge on any atom is -0.351 e. The number of nitrogens with zero attached hydrogens (tertiary/aromatic N) is 2. The number of nitrogens with one attached hydrogen (secondary N) is 2. The van der Waals surface area contributed by atoms with E-state index in [1.807, 2.05) is 33.8 Å². The van der Waals surface area contributed by atoms with Crippen molar-refractivity contribution in [2.75, 3.05) is 51.6 Å². The van der Waals surface area contributed by atoms with Gasteiger partial charge in [0, 0.05) is 44.7 Å². The Hall–Kier alpha value is -1.44. The van der Waals surface area contributed by atoms with Crippen LogP contribution in [0, 0.1) is 18.3 Å². The molecule has 2 heterocycles. The summed E-state index contributed by atoms with van der Waals surface area (Å²) in [7, 11) is 2.16. The average molecular weight is 395 g/mol. The van der Waals surface area contributed by atoms with Gasteiger partial charge in [0.15, 0.2) is 0 Å². The van der Waals surface area contributed by atoms with E-state index in [2.05, 4.69) is 34.4 Å². The molecule has 0 aliphatic carbocycles. The molecule has 1 fully saturated rings. The van der Waals surface area contributed by atoms with Crippen molar-refractivity contribution in [2.45, 2.75) is 34.6 Å². The second-order valence-electron chi connectivity index (χ2n) is 8.75. The van der Waals surface area contributed by atoms with Crippen molar-refractivity contribution in [1.82, 2.24) is 15.1 Å². The maximum absolute atomic E-state index is 12.6. The lowest BCUT2D eigenvalue weighted by Gasteiger charge is -2.33. The first kappa shape index (κ1) is 21.9. The van der Waals surface area contributed by atoms with E-state index in [0.717, 1.165) is 43.3 Å². The summed E-state index contributed by atoms with van der Waals surface area (Å²) in [6.45, 7) is 15.8. The maximum atomic E-state index is 12.6. The molecule has 1 unspecified atom stereocenters. The average Bonchev–Trinajstić information content (AvgIpc) is 2.94. The molecule has 152 valence electrons. The van der Waals surface area contributed by atoms with E-state index < -0.39 is 5.41 Å². The quantitative estimate of drug-likeness (QED) is 0.779. The van der Waals surface area contributed by atoms with Gasteiger partial charge < -0.3 is 20.4 Å². The topological polar surface area (TPSA) is 64.7 Å². The van der Waals surface area contributed by atoms with Gasteiger partial charge in [0.25, 0.3) is 5.91 Å². The van der Waals surface area contributed by atoms with Crippen LogP contribution in [0.5, 0.6) is 0 Å². The third-order valence-corrected chi connectivity index (χ3v) is 5.97. The monoisotopic (exact) mass is 394 g/mol. The number of anilines is 1. The SMILES string of the molecule is Cc1cc(NC(=O)C(C)(C)C)sc1C(=O)NCC(C)CN1CCN(C)CC1. The second-order valence-corrected chi connectivity index (χ2v) is 9.80. The molecule has 27 heavy (non-hydrogen) atoms. The zero-order valence-electron chi connectivity index (χ0n) is 17.5. The van der Waals surface area contributed by atoms with Crippen molar-refractivity contribution in [1.29, 1.82) is 0 Å². The number of rotatable bonds is 6. The van der Waals surface area contributed by atoms with Gasteiger partial charge in [-0.2, -0.15) is 0 Å². The Morgan fingerprint density at radius 3 is 2.44 bits per heavy atom. The van der Waals surface area contributed by atoms with E-state index in [-0.39, 0.29) is 11.8 Å². The van der Waals surface area contributed by atoms with E-state index in [4.69, 9.17) is 0 Å². The van der Waals surface area contributed by atoms with Gasteiger partial charge in [-0.15, -0.1) is 11.3 Å². The highest BCUT2D eigenvalue weighted by Crippen LogP contribution is 2.28. The van der Waals surface area contributed by atoms with Gasteiger partial charge in [0.1, 0.15) is 0 Å². The van der Waals surface area contributed by atoms with Gasteiger partial charge in [-0.05, 0) is 31.5 Å². The van der Waals surface area contributed by atoms with E-state index >= 15 is 0 Å². The van der Waals surface area contributed by atoms with Crippen molar-refractivity contribution < 1.29 is 9.59 Å². The Kier molecular flexibility index (Phi) is 7.42. The fourth-order valence-electron chi connectivity index (χ4n) is 2.95. The van der Waals surface area contributed by atoms with Crippen LogP contribution in [0.25, 0.3) is 0 Å². The summed E-state index contributed by atoms with van der Waals surface area (Å²) in [5.74, 6) is 0.299. The molecule has 0 aromatic carbocycles. The molecule has 0 spiro atoms. The zero-order valence-corrected chi connectivity index (χ0v) is 18.3. The van der Waals surface area contributed by atoms with Crippen LogP contribution < -0.4 is 10.6 Å². The molecule has 1 saturated heterocycles. The molecule has 1 atom stereocenters. The molecule has 2 N–H and O–H groups in total. The van der Waals surface area contributed by atoms with Crippen molar-refractivity contribution in [2.24, 2.45) is 11.3 Å². The van der Waals surface area contributed by atoms with E-state index in [0.29, 0.717) is 17.3 Å². The Balaban J connectivity index is 1.84. The molecule has 0 bridgehead atoms. The number of thiophene rings is 1. The van der Waals surface area contributed by atoms with Crippen LogP contribution in [-0.2, 0) is 4.79 Å². The third kappa shape index (κ3) is 6.59. The smallest absolute Gasteiger partial charge is 0.261 e. The molecule has 0 saturated carbocycles. The first-order chi connectivity index (χ1) is 12.6. The summed E-state index contributed by atoms with van der Waals surface area (Å²) in [6.07, 6.45) is 0. The molecule has 0 radical (unpaired) electrons. The van der Waals surface area contributed by atoms with Gasteiger partial charge in [-0.3, -0.25) is 9.59 Å². The summed E-state index contributed by atoms with van der Waals surface area (Å²) in [6, 6.07) is 1.87. The van der Waals surface area contributed by atoms with Gasteiger partial charge in [0.05, 0.1) is 9.88 Å². The van der Waals surface area contributed by atoms with Crippen molar-refractivity contribution in [3.8, 4) is 0 Å². The molecule has 2 amide bonds. The molecule has 1 aromatic heterocycles. The van der Waals surface area contributed by atoms with Crippen LogP contribution in [0.3, 0.4) is 0 Å². The van der Waals surface area contributed by atoms with Crippen LogP contribution in [0.4, 0.5) is 5.00 Å². The van der Waals surface area contributed by atoms with Gasteiger partial charge in [-0.25, -0.2) is 0 Å². The van der Waals surface area contributed by atoms with Crippen LogP contribution in [-0.4, -0.2) is 67.9 Å². The fourth-order valence-corrected chi connectivity index (χ4v) is 3.94. The number of piperazine rings is 1. The summed E-state index contributed by atoms with van der Waals surface area (Å²) >= 11 is 1.34. The molecule has 6 nitrogen and oxygen atoms in total. The number of hydrogen-bond acceptors (Lipinski definition) is 5. The van der Waals surface area contributed by atoms with Crippen LogP contribution in [0.15, 0.2) is 6.07 Å². The Bertz CT molecular complexity index is 657. The number of aryl methyl sites for hydroxylation is 1. The van der Waals surface area contributed by atoms with Gasteiger partial charge in [0.2, 0.25) is 5.91 Å². The first-order valence-electron chi connectivity index (χ1n) is 9.67. The van der Waals surface area contributed by atoms with Crippen LogP contribution >= 0.6 is 11.3 Å². The highest BCUT2D eigenvalue weighted by atomic mass is 32.1. The summed E-state index contributed by atoms with van der Waals surface area (Å²) in [5.41, 5.74) is 0.437. The summed E-state index contributed by atoms with van der Waals surface area (Å²) in [5, 5.41) is 6.69. The molecule has 2 rings (SSSR count). The van der Waals surface area contributed by atoms with Crippen molar-refractivity contribution >= 4 is 28.2 Å². The largest absolute Gasteiger partial charge is 0.351 e. The highest BCUT2D eigenvalue weighted by molar-refractivity contribution is 7.18.